The third kappa shape index (κ3) is 6.28. The second-order valence-corrected chi connectivity index (χ2v) is 5.79. The minimum atomic E-state index is -0.251. The van der Waals surface area contributed by atoms with E-state index < -0.39 is 0 Å². The summed E-state index contributed by atoms with van der Waals surface area (Å²) in [6.45, 7) is 4.12. The Balaban J connectivity index is 0.00000288. The molecule has 7 heteroatoms. The topological polar surface area (TPSA) is 82.8 Å². The fourth-order valence-corrected chi connectivity index (χ4v) is 2.44. The second-order valence-electron chi connectivity index (χ2n) is 5.79. The number of amides is 1. The molecule has 2 atom stereocenters. The predicted molar refractivity (Wildman–Crippen MR) is 94.6 cm³/mol. The van der Waals surface area contributed by atoms with Crippen LogP contribution in [0.3, 0.4) is 0 Å². The van der Waals surface area contributed by atoms with Crippen LogP contribution in [-0.2, 0) is 20.8 Å². The van der Waals surface area contributed by atoms with Crippen molar-refractivity contribution in [2.75, 3.05) is 26.9 Å². The van der Waals surface area contributed by atoms with Crippen molar-refractivity contribution < 1.29 is 19.0 Å². The number of rotatable bonds is 8. The Morgan fingerprint density at radius 3 is 2.92 bits per heavy atom. The molecule has 1 heterocycles. The highest BCUT2D eigenvalue weighted by Gasteiger charge is 2.19. The Hall–Kier alpha value is -1.34. The molecule has 24 heavy (non-hydrogen) atoms. The zero-order chi connectivity index (χ0) is 16.7. The summed E-state index contributed by atoms with van der Waals surface area (Å²) in [6.07, 6.45) is 0.984. The number of hydrogen-bond donors (Lipinski definition) is 2. The monoisotopic (exact) mass is 358 g/mol. The van der Waals surface area contributed by atoms with E-state index in [1.54, 1.807) is 7.11 Å². The van der Waals surface area contributed by atoms with Crippen LogP contribution in [0.1, 0.15) is 24.0 Å². The molecule has 2 rings (SSSR count). The first-order valence-corrected chi connectivity index (χ1v) is 7.96. The number of ether oxygens (including phenoxy) is 3. The molecule has 0 spiro atoms. The van der Waals surface area contributed by atoms with Gasteiger partial charge < -0.3 is 25.3 Å². The van der Waals surface area contributed by atoms with E-state index in [2.05, 4.69) is 5.32 Å². The summed E-state index contributed by atoms with van der Waals surface area (Å²) in [7, 11) is 1.56. The zero-order valence-corrected chi connectivity index (χ0v) is 15.1. The first-order chi connectivity index (χ1) is 11.1. The number of carbonyl (C=O) groups is 1. The van der Waals surface area contributed by atoms with Crippen LogP contribution >= 0.6 is 12.4 Å². The number of halogens is 1. The zero-order valence-electron chi connectivity index (χ0n) is 14.2. The number of benzene rings is 1. The third-order valence-electron chi connectivity index (χ3n) is 3.89. The number of carbonyl (C=O) groups excluding carboxylic acids is 1. The van der Waals surface area contributed by atoms with Crippen molar-refractivity contribution in [3.8, 4) is 5.75 Å². The molecule has 1 fully saturated rings. The van der Waals surface area contributed by atoms with Gasteiger partial charge in [0.25, 0.3) is 0 Å². The first-order valence-electron chi connectivity index (χ1n) is 7.96. The van der Waals surface area contributed by atoms with Crippen molar-refractivity contribution in [1.29, 1.82) is 0 Å². The molecule has 2 unspecified atom stereocenters. The maximum Gasteiger partial charge on any atom is 0.222 e. The number of nitrogens with one attached hydrogen (secondary N) is 1. The van der Waals surface area contributed by atoms with E-state index in [1.807, 2.05) is 25.1 Å². The summed E-state index contributed by atoms with van der Waals surface area (Å²) >= 11 is 0. The largest absolute Gasteiger partial charge is 0.488 e. The molecule has 1 aliphatic rings. The molecule has 0 saturated carbocycles. The van der Waals surface area contributed by atoms with Crippen molar-refractivity contribution in [3.05, 3.63) is 29.3 Å². The molecule has 6 nitrogen and oxygen atoms in total. The predicted octanol–water partition coefficient (Wildman–Crippen LogP) is 1.56. The van der Waals surface area contributed by atoms with Crippen LogP contribution in [-0.4, -0.2) is 45.0 Å². The lowest BCUT2D eigenvalue weighted by Gasteiger charge is -2.17. The van der Waals surface area contributed by atoms with Gasteiger partial charge in [-0.05, 0) is 18.6 Å². The van der Waals surface area contributed by atoms with E-state index in [0.29, 0.717) is 19.7 Å². The quantitative estimate of drug-likeness (QED) is 0.737. The number of hydrogen-bond acceptors (Lipinski definition) is 5. The van der Waals surface area contributed by atoms with E-state index in [-0.39, 0.29) is 36.9 Å². The maximum atomic E-state index is 12.0. The smallest absolute Gasteiger partial charge is 0.222 e. The van der Waals surface area contributed by atoms with Crippen LogP contribution in [0.5, 0.6) is 5.75 Å². The lowest BCUT2D eigenvalue weighted by atomic mass is 10.1. The highest BCUT2D eigenvalue weighted by atomic mass is 35.5. The molecule has 1 aromatic carbocycles. The van der Waals surface area contributed by atoms with Gasteiger partial charge in [-0.15, -0.1) is 12.4 Å². The van der Waals surface area contributed by atoms with Gasteiger partial charge in [-0.25, -0.2) is 0 Å². The summed E-state index contributed by atoms with van der Waals surface area (Å²) in [5.74, 6) is 0.723. The molecule has 0 bridgehead atoms. The molecule has 1 aliphatic heterocycles. The first kappa shape index (κ1) is 20.7. The molecular formula is C17H27ClN2O4. The fraction of sp³-hybridized carbons (Fsp3) is 0.588. The number of methoxy groups -OCH3 is 1. The van der Waals surface area contributed by atoms with Crippen molar-refractivity contribution >= 4 is 18.3 Å². The van der Waals surface area contributed by atoms with E-state index in [4.69, 9.17) is 19.9 Å². The highest BCUT2D eigenvalue weighted by molar-refractivity contribution is 5.85. The molecule has 0 aromatic heterocycles. The average Bonchev–Trinajstić information content (AvgIpc) is 3.05. The SMILES string of the molecule is COC(CN)CC(=O)NCc1ccc(C)cc1OC1CCOC1.Cl. The van der Waals surface area contributed by atoms with E-state index >= 15 is 0 Å². The van der Waals surface area contributed by atoms with Gasteiger partial charge in [0.05, 0.1) is 25.7 Å². The number of nitrogens with two attached hydrogens (primary N) is 1. The molecule has 1 amide bonds. The van der Waals surface area contributed by atoms with Gasteiger partial charge in [0.1, 0.15) is 11.9 Å². The van der Waals surface area contributed by atoms with Crippen LogP contribution in [0.2, 0.25) is 0 Å². The van der Waals surface area contributed by atoms with Crippen molar-refractivity contribution in [2.45, 2.75) is 38.5 Å². The lowest BCUT2D eigenvalue weighted by Crippen LogP contribution is -2.32. The van der Waals surface area contributed by atoms with E-state index in [1.165, 1.54) is 0 Å². The van der Waals surface area contributed by atoms with E-state index in [9.17, 15) is 4.79 Å². The molecule has 1 aromatic rings. The Labute approximate surface area is 149 Å². The lowest BCUT2D eigenvalue weighted by molar-refractivity contribution is -0.123. The van der Waals surface area contributed by atoms with Crippen LogP contribution in [0.15, 0.2) is 18.2 Å². The third-order valence-corrected chi connectivity index (χ3v) is 3.89. The maximum absolute atomic E-state index is 12.0. The van der Waals surface area contributed by atoms with Crippen LogP contribution in [0.4, 0.5) is 0 Å². The van der Waals surface area contributed by atoms with Crippen LogP contribution in [0.25, 0.3) is 0 Å². The molecule has 3 N–H and O–H groups in total. The molecule has 136 valence electrons. The van der Waals surface area contributed by atoms with Gasteiger partial charge in [0, 0.05) is 32.2 Å². The summed E-state index contributed by atoms with van der Waals surface area (Å²) in [6, 6.07) is 5.99. The normalized spacial score (nSPS) is 17.9. The van der Waals surface area contributed by atoms with Crippen LogP contribution in [0, 0.1) is 6.92 Å². The molecule has 1 saturated heterocycles. The van der Waals surface area contributed by atoms with Gasteiger partial charge >= 0.3 is 0 Å². The Morgan fingerprint density at radius 1 is 1.50 bits per heavy atom. The fourth-order valence-electron chi connectivity index (χ4n) is 2.44. The Morgan fingerprint density at radius 2 is 2.29 bits per heavy atom. The average molecular weight is 359 g/mol. The standard InChI is InChI=1S/C17H26N2O4.ClH/c1-12-3-4-13(10-19-17(20)8-15(9-18)21-2)16(7-12)23-14-5-6-22-11-14;/h3-4,7,14-15H,5-6,8-11,18H2,1-2H3,(H,19,20);1H. The molecular weight excluding hydrogens is 332 g/mol. The summed E-state index contributed by atoms with van der Waals surface area (Å²) in [5, 5.41) is 2.90. The minimum Gasteiger partial charge on any atom is -0.488 e. The van der Waals surface area contributed by atoms with Gasteiger partial charge in [-0.1, -0.05) is 12.1 Å². The van der Waals surface area contributed by atoms with Crippen LogP contribution < -0.4 is 15.8 Å². The van der Waals surface area contributed by atoms with E-state index in [0.717, 1.165) is 29.9 Å². The minimum absolute atomic E-state index is 0. The Kier molecular flexibility index (Phi) is 9.07. The van der Waals surface area contributed by atoms with Crippen molar-refractivity contribution in [1.82, 2.24) is 5.32 Å². The summed E-state index contributed by atoms with van der Waals surface area (Å²) in [4.78, 5) is 12.0. The highest BCUT2D eigenvalue weighted by Crippen LogP contribution is 2.23. The Bertz CT molecular complexity index is 517. The second kappa shape index (κ2) is 10.5. The number of aryl methyl sites for hydroxylation is 1. The molecule has 0 radical (unpaired) electrons. The summed E-state index contributed by atoms with van der Waals surface area (Å²) in [5.41, 5.74) is 7.61. The van der Waals surface area contributed by atoms with Gasteiger partial charge in [0.15, 0.2) is 0 Å². The van der Waals surface area contributed by atoms with Gasteiger partial charge in [-0.3, -0.25) is 4.79 Å². The van der Waals surface area contributed by atoms with Gasteiger partial charge in [0.2, 0.25) is 5.91 Å². The van der Waals surface area contributed by atoms with Crippen molar-refractivity contribution in [2.24, 2.45) is 5.73 Å². The summed E-state index contributed by atoms with van der Waals surface area (Å²) < 4.78 is 16.5. The van der Waals surface area contributed by atoms with Crippen molar-refractivity contribution in [3.63, 3.8) is 0 Å². The van der Waals surface area contributed by atoms with Gasteiger partial charge in [-0.2, -0.15) is 0 Å². The molecule has 0 aliphatic carbocycles.